The molecule has 0 aliphatic rings. The van der Waals surface area contributed by atoms with Crippen molar-refractivity contribution in [2.75, 3.05) is 5.32 Å². The summed E-state index contributed by atoms with van der Waals surface area (Å²) in [5.74, 6) is -0.264. The summed E-state index contributed by atoms with van der Waals surface area (Å²) < 4.78 is 41.8. The van der Waals surface area contributed by atoms with Gasteiger partial charge in [-0.05, 0) is 69.1 Å². The van der Waals surface area contributed by atoms with Gasteiger partial charge in [-0.15, -0.1) is 24.5 Å². The molecule has 0 aliphatic heterocycles. The van der Waals surface area contributed by atoms with Gasteiger partial charge in [0.15, 0.2) is 0 Å². The van der Waals surface area contributed by atoms with Crippen LogP contribution in [-0.2, 0) is 0 Å². The van der Waals surface area contributed by atoms with Crippen molar-refractivity contribution in [3.8, 4) is 5.75 Å². The lowest BCUT2D eigenvalue weighted by Gasteiger charge is -2.16. The van der Waals surface area contributed by atoms with E-state index in [1.165, 1.54) is 6.07 Å². The molecule has 114 valence electrons. The summed E-state index contributed by atoms with van der Waals surface area (Å²) in [5.41, 5.74) is 0.702. The van der Waals surface area contributed by atoms with Crippen LogP contribution >= 0.6 is 43.2 Å². The summed E-state index contributed by atoms with van der Waals surface area (Å²) in [6.07, 6.45) is -4.70. The molecule has 21 heavy (non-hydrogen) atoms. The topological polar surface area (TPSA) is 21.3 Å². The highest BCUT2D eigenvalue weighted by Crippen LogP contribution is 2.34. The van der Waals surface area contributed by atoms with E-state index >= 15 is 0 Å². The molecule has 0 radical (unpaired) electrons. The molecule has 0 bridgehead atoms. The average Bonchev–Trinajstić information content (AvgIpc) is 2.78. The second-order valence-electron chi connectivity index (χ2n) is 4.20. The molecule has 0 spiro atoms. The summed E-state index contributed by atoms with van der Waals surface area (Å²) in [6, 6.07) is 8.36. The second kappa shape index (κ2) is 6.58. The first-order chi connectivity index (χ1) is 9.74. The van der Waals surface area contributed by atoms with E-state index in [4.69, 9.17) is 0 Å². The van der Waals surface area contributed by atoms with Crippen molar-refractivity contribution in [1.82, 2.24) is 0 Å². The van der Waals surface area contributed by atoms with Crippen LogP contribution in [0.1, 0.15) is 17.8 Å². The van der Waals surface area contributed by atoms with Crippen molar-refractivity contribution in [3.63, 3.8) is 0 Å². The molecule has 1 heterocycles. The number of hydrogen-bond acceptors (Lipinski definition) is 3. The van der Waals surface area contributed by atoms with E-state index in [0.29, 0.717) is 5.69 Å². The van der Waals surface area contributed by atoms with E-state index in [-0.39, 0.29) is 16.3 Å². The molecular weight excluding hydrogens is 435 g/mol. The Hall–Kier alpha value is -0.730. The summed E-state index contributed by atoms with van der Waals surface area (Å²) in [6.45, 7) is 1.98. The van der Waals surface area contributed by atoms with Gasteiger partial charge < -0.3 is 10.1 Å². The molecule has 8 heteroatoms. The Balaban J connectivity index is 2.10. The maximum atomic E-state index is 12.2. The molecule has 0 aliphatic carbocycles. The Bertz CT molecular complexity index is 630. The van der Waals surface area contributed by atoms with Crippen molar-refractivity contribution in [2.45, 2.75) is 19.3 Å². The Morgan fingerprint density at radius 2 is 1.90 bits per heavy atom. The minimum Gasteiger partial charge on any atom is -0.405 e. The summed E-state index contributed by atoms with van der Waals surface area (Å²) >= 11 is 8.07. The highest BCUT2D eigenvalue weighted by Gasteiger charge is 2.31. The molecule has 1 aromatic carbocycles. The fourth-order valence-corrected chi connectivity index (χ4v) is 3.57. The third kappa shape index (κ3) is 4.89. The molecule has 1 unspecified atom stereocenters. The molecule has 0 saturated carbocycles. The standard InChI is InChI=1S/C13H10Br2F3NOS/c1-7(11-4-5-12(15)21-11)19-8-2-3-10(9(14)6-8)20-13(16,17)18/h2-7,19H,1H3. The van der Waals surface area contributed by atoms with Crippen LogP contribution in [0, 0.1) is 0 Å². The predicted octanol–water partition coefficient (Wildman–Crippen LogP) is 6.34. The number of rotatable bonds is 4. The Morgan fingerprint density at radius 1 is 1.19 bits per heavy atom. The van der Waals surface area contributed by atoms with E-state index < -0.39 is 6.36 Å². The number of thiophene rings is 1. The number of hydrogen-bond donors (Lipinski definition) is 1. The van der Waals surface area contributed by atoms with Gasteiger partial charge >= 0.3 is 6.36 Å². The lowest BCUT2D eigenvalue weighted by Crippen LogP contribution is -2.17. The minimum atomic E-state index is -4.70. The summed E-state index contributed by atoms with van der Waals surface area (Å²) in [7, 11) is 0. The molecular formula is C13H10Br2F3NOS. The zero-order chi connectivity index (χ0) is 15.6. The van der Waals surface area contributed by atoms with Crippen LogP contribution in [0.2, 0.25) is 0 Å². The first-order valence-electron chi connectivity index (χ1n) is 5.81. The van der Waals surface area contributed by atoms with Gasteiger partial charge in [-0.2, -0.15) is 0 Å². The molecule has 0 fully saturated rings. The van der Waals surface area contributed by atoms with Gasteiger partial charge in [0.1, 0.15) is 5.75 Å². The smallest absolute Gasteiger partial charge is 0.405 e. The summed E-state index contributed by atoms with van der Waals surface area (Å²) in [4.78, 5) is 1.12. The van der Waals surface area contributed by atoms with Gasteiger partial charge in [0.25, 0.3) is 0 Å². The third-order valence-electron chi connectivity index (χ3n) is 2.56. The molecule has 2 nitrogen and oxygen atoms in total. The van der Waals surface area contributed by atoms with Crippen molar-refractivity contribution >= 4 is 48.9 Å². The van der Waals surface area contributed by atoms with Crippen LogP contribution in [0.25, 0.3) is 0 Å². The van der Waals surface area contributed by atoms with Crippen molar-refractivity contribution in [3.05, 3.63) is 43.5 Å². The first-order valence-corrected chi connectivity index (χ1v) is 8.22. The van der Waals surface area contributed by atoms with E-state index in [9.17, 15) is 13.2 Å². The SMILES string of the molecule is CC(Nc1ccc(OC(F)(F)F)c(Br)c1)c1ccc(Br)s1. The third-order valence-corrected chi connectivity index (χ3v) is 4.99. The highest BCUT2D eigenvalue weighted by atomic mass is 79.9. The summed E-state index contributed by atoms with van der Waals surface area (Å²) in [5, 5.41) is 3.23. The van der Waals surface area contributed by atoms with Gasteiger partial charge in [0.2, 0.25) is 0 Å². The Kier molecular flexibility index (Phi) is 5.21. The average molecular weight is 445 g/mol. The molecule has 0 saturated heterocycles. The van der Waals surface area contributed by atoms with E-state index in [2.05, 4.69) is 41.9 Å². The van der Waals surface area contributed by atoms with Crippen molar-refractivity contribution in [2.24, 2.45) is 0 Å². The lowest BCUT2D eigenvalue weighted by molar-refractivity contribution is -0.274. The normalized spacial score (nSPS) is 13.0. The van der Waals surface area contributed by atoms with Crippen LogP contribution in [-0.4, -0.2) is 6.36 Å². The number of anilines is 1. The highest BCUT2D eigenvalue weighted by molar-refractivity contribution is 9.11. The van der Waals surface area contributed by atoms with Crippen LogP contribution in [0.3, 0.4) is 0 Å². The monoisotopic (exact) mass is 443 g/mol. The van der Waals surface area contributed by atoms with Gasteiger partial charge in [0, 0.05) is 10.6 Å². The van der Waals surface area contributed by atoms with Gasteiger partial charge in [0.05, 0.1) is 14.3 Å². The number of nitrogens with one attached hydrogen (secondary N) is 1. The van der Waals surface area contributed by atoms with Crippen molar-refractivity contribution in [1.29, 1.82) is 0 Å². The predicted molar refractivity (Wildman–Crippen MR) is 84.9 cm³/mol. The van der Waals surface area contributed by atoms with Gasteiger partial charge in [-0.1, -0.05) is 0 Å². The number of alkyl halides is 3. The van der Waals surface area contributed by atoms with E-state index in [0.717, 1.165) is 8.66 Å². The quantitative estimate of drug-likeness (QED) is 0.593. The Labute approximate surface area is 140 Å². The fraction of sp³-hybridized carbons (Fsp3) is 0.231. The molecule has 1 atom stereocenters. The van der Waals surface area contributed by atoms with E-state index in [1.54, 1.807) is 23.5 Å². The number of benzene rings is 1. The molecule has 1 N–H and O–H groups in total. The zero-order valence-electron chi connectivity index (χ0n) is 10.7. The fourth-order valence-electron chi connectivity index (χ4n) is 1.68. The largest absolute Gasteiger partial charge is 0.573 e. The van der Waals surface area contributed by atoms with Crippen molar-refractivity contribution < 1.29 is 17.9 Å². The number of halogens is 5. The molecule has 2 aromatic rings. The van der Waals surface area contributed by atoms with Crippen LogP contribution in [0.5, 0.6) is 5.75 Å². The Morgan fingerprint density at radius 3 is 2.43 bits per heavy atom. The molecule has 1 aromatic heterocycles. The maximum Gasteiger partial charge on any atom is 0.573 e. The number of ether oxygens (including phenoxy) is 1. The molecule has 2 rings (SSSR count). The lowest BCUT2D eigenvalue weighted by atomic mass is 10.2. The zero-order valence-corrected chi connectivity index (χ0v) is 14.7. The van der Waals surface area contributed by atoms with Crippen LogP contribution < -0.4 is 10.1 Å². The van der Waals surface area contributed by atoms with Gasteiger partial charge in [-0.25, -0.2) is 0 Å². The van der Waals surface area contributed by atoms with E-state index in [1.807, 2.05) is 19.1 Å². The first kappa shape index (κ1) is 16.6. The second-order valence-corrected chi connectivity index (χ2v) is 7.55. The van der Waals surface area contributed by atoms with Gasteiger partial charge in [-0.3, -0.25) is 0 Å². The maximum absolute atomic E-state index is 12.2. The molecule has 0 amide bonds. The van der Waals surface area contributed by atoms with Crippen LogP contribution in [0.4, 0.5) is 18.9 Å². The van der Waals surface area contributed by atoms with Crippen LogP contribution in [0.15, 0.2) is 38.6 Å². The minimum absolute atomic E-state index is 0.0441.